The van der Waals surface area contributed by atoms with Gasteiger partial charge >= 0.3 is 0 Å². The number of carbonyl (C=O) groups excluding carboxylic acids is 1. The lowest BCUT2D eigenvalue weighted by molar-refractivity contribution is 0.103. The summed E-state index contributed by atoms with van der Waals surface area (Å²) in [5, 5.41) is 0.501. The van der Waals surface area contributed by atoms with Gasteiger partial charge in [0.25, 0.3) is 0 Å². The van der Waals surface area contributed by atoms with Crippen molar-refractivity contribution in [3.05, 3.63) is 52.3 Å². The van der Waals surface area contributed by atoms with Crippen LogP contribution in [0.4, 0.5) is 5.69 Å². The standard InChI is InChI=1S/C12H11ClN2O/c1-7-4-11(15-6-7)12(16)9-5-8(13)2-3-10(9)14/h2-6,15H,14H2,1H3. The third kappa shape index (κ3) is 1.95. The fourth-order valence-corrected chi connectivity index (χ4v) is 1.68. The molecule has 4 heteroatoms. The minimum atomic E-state index is -0.145. The fourth-order valence-electron chi connectivity index (χ4n) is 1.50. The lowest BCUT2D eigenvalue weighted by atomic mass is 10.1. The topological polar surface area (TPSA) is 58.9 Å². The number of anilines is 1. The van der Waals surface area contributed by atoms with Gasteiger partial charge in [-0.05, 0) is 36.8 Å². The van der Waals surface area contributed by atoms with Crippen LogP contribution in [0.3, 0.4) is 0 Å². The van der Waals surface area contributed by atoms with Crippen molar-refractivity contribution >= 4 is 23.1 Å². The summed E-state index contributed by atoms with van der Waals surface area (Å²) in [6.45, 7) is 1.91. The molecule has 0 aliphatic rings. The quantitative estimate of drug-likeness (QED) is 0.620. The van der Waals surface area contributed by atoms with Crippen molar-refractivity contribution in [3.8, 4) is 0 Å². The molecular weight excluding hydrogens is 224 g/mol. The van der Waals surface area contributed by atoms with E-state index in [1.807, 2.05) is 6.92 Å². The molecule has 0 spiro atoms. The summed E-state index contributed by atoms with van der Waals surface area (Å²) in [6, 6.07) is 6.65. The van der Waals surface area contributed by atoms with E-state index in [0.717, 1.165) is 5.56 Å². The molecule has 0 aliphatic carbocycles. The van der Waals surface area contributed by atoms with Crippen LogP contribution >= 0.6 is 11.6 Å². The van der Waals surface area contributed by atoms with Crippen LogP contribution in [0.5, 0.6) is 0 Å². The molecule has 0 saturated carbocycles. The molecule has 1 heterocycles. The van der Waals surface area contributed by atoms with Crippen LogP contribution in [-0.4, -0.2) is 10.8 Å². The summed E-state index contributed by atoms with van der Waals surface area (Å²) in [4.78, 5) is 15.0. The van der Waals surface area contributed by atoms with Crippen LogP contribution in [0.2, 0.25) is 5.02 Å². The van der Waals surface area contributed by atoms with E-state index in [0.29, 0.717) is 22.0 Å². The Bertz CT molecular complexity index is 546. The van der Waals surface area contributed by atoms with Crippen molar-refractivity contribution in [1.29, 1.82) is 0 Å². The summed E-state index contributed by atoms with van der Waals surface area (Å²) < 4.78 is 0. The van der Waals surface area contributed by atoms with Crippen molar-refractivity contribution in [3.63, 3.8) is 0 Å². The zero-order valence-corrected chi connectivity index (χ0v) is 9.51. The molecule has 16 heavy (non-hydrogen) atoms. The number of rotatable bonds is 2. The summed E-state index contributed by atoms with van der Waals surface area (Å²) >= 11 is 5.84. The Kier molecular flexibility index (Phi) is 2.71. The van der Waals surface area contributed by atoms with E-state index in [1.54, 1.807) is 30.5 Å². The molecule has 82 valence electrons. The van der Waals surface area contributed by atoms with Crippen LogP contribution < -0.4 is 5.73 Å². The van der Waals surface area contributed by atoms with E-state index in [9.17, 15) is 4.79 Å². The minimum Gasteiger partial charge on any atom is -0.398 e. The maximum Gasteiger partial charge on any atom is 0.211 e. The van der Waals surface area contributed by atoms with Gasteiger partial charge in [0.1, 0.15) is 0 Å². The molecule has 3 N–H and O–H groups in total. The third-order valence-corrected chi connectivity index (χ3v) is 2.57. The van der Waals surface area contributed by atoms with Gasteiger partial charge in [0, 0.05) is 22.5 Å². The number of aromatic amines is 1. The number of aromatic nitrogens is 1. The number of aryl methyl sites for hydroxylation is 1. The Morgan fingerprint density at radius 1 is 1.38 bits per heavy atom. The van der Waals surface area contributed by atoms with Gasteiger partial charge in [-0.15, -0.1) is 0 Å². The lowest BCUT2D eigenvalue weighted by Crippen LogP contribution is -2.05. The van der Waals surface area contributed by atoms with Gasteiger partial charge in [-0.25, -0.2) is 0 Å². The first-order chi connectivity index (χ1) is 7.58. The minimum absolute atomic E-state index is 0.145. The molecule has 2 aromatic rings. The van der Waals surface area contributed by atoms with Crippen LogP contribution in [0, 0.1) is 6.92 Å². The lowest BCUT2D eigenvalue weighted by Gasteiger charge is -2.03. The van der Waals surface area contributed by atoms with E-state index < -0.39 is 0 Å². The second-order valence-corrected chi connectivity index (χ2v) is 4.09. The summed E-state index contributed by atoms with van der Waals surface area (Å²) in [7, 11) is 0. The fraction of sp³-hybridized carbons (Fsp3) is 0.0833. The highest BCUT2D eigenvalue weighted by atomic mass is 35.5. The second-order valence-electron chi connectivity index (χ2n) is 3.65. The van der Waals surface area contributed by atoms with Crippen LogP contribution in [0.25, 0.3) is 0 Å². The molecule has 0 atom stereocenters. The molecule has 1 aromatic carbocycles. The first-order valence-electron chi connectivity index (χ1n) is 4.82. The van der Waals surface area contributed by atoms with Crippen molar-refractivity contribution < 1.29 is 4.79 Å². The van der Waals surface area contributed by atoms with Crippen molar-refractivity contribution in [2.24, 2.45) is 0 Å². The number of nitrogens with one attached hydrogen (secondary N) is 1. The number of hydrogen-bond donors (Lipinski definition) is 2. The maximum absolute atomic E-state index is 12.1. The van der Waals surface area contributed by atoms with Gasteiger partial charge in [0.2, 0.25) is 5.78 Å². The largest absolute Gasteiger partial charge is 0.398 e. The second kappa shape index (κ2) is 4.02. The summed E-state index contributed by atoms with van der Waals surface area (Å²) in [6.07, 6.45) is 1.77. The highest BCUT2D eigenvalue weighted by Gasteiger charge is 2.13. The van der Waals surface area contributed by atoms with E-state index in [4.69, 9.17) is 17.3 Å². The van der Waals surface area contributed by atoms with Crippen LogP contribution in [0.15, 0.2) is 30.5 Å². The molecule has 0 saturated heterocycles. The van der Waals surface area contributed by atoms with E-state index in [1.165, 1.54) is 0 Å². The van der Waals surface area contributed by atoms with Crippen molar-refractivity contribution in [2.45, 2.75) is 6.92 Å². The molecule has 0 aliphatic heterocycles. The number of H-pyrrole nitrogens is 1. The smallest absolute Gasteiger partial charge is 0.211 e. The highest BCUT2D eigenvalue weighted by Crippen LogP contribution is 2.20. The zero-order valence-electron chi connectivity index (χ0n) is 8.75. The molecule has 0 radical (unpaired) electrons. The predicted molar refractivity (Wildman–Crippen MR) is 64.8 cm³/mol. The molecule has 1 aromatic heterocycles. The molecule has 0 unspecified atom stereocenters. The van der Waals surface area contributed by atoms with Crippen molar-refractivity contribution in [1.82, 2.24) is 4.98 Å². The first kappa shape index (κ1) is 10.8. The molecule has 0 bridgehead atoms. The van der Waals surface area contributed by atoms with Gasteiger partial charge in [0.05, 0.1) is 5.69 Å². The Hall–Kier alpha value is -1.74. The molecular formula is C12H11ClN2O. The zero-order chi connectivity index (χ0) is 11.7. The normalized spacial score (nSPS) is 10.4. The monoisotopic (exact) mass is 234 g/mol. The number of carbonyl (C=O) groups is 1. The van der Waals surface area contributed by atoms with Gasteiger partial charge in [-0.1, -0.05) is 11.6 Å². The van der Waals surface area contributed by atoms with Crippen LogP contribution in [-0.2, 0) is 0 Å². The summed E-state index contributed by atoms with van der Waals surface area (Å²) in [5.74, 6) is -0.145. The van der Waals surface area contributed by atoms with Crippen molar-refractivity contribution in [2.75, 3.05) is 5.73 Å². The molecule has 2 rings (SSSR count). The Labute approximate surface area is 98.2 Å². The number of halogens is 1. The average molecular weight is 235 g/mol. The summed E-state index contributed by atoms with van der Waals surface area (Å²) in [5.41, 5.74) is 8.12. The number of nitrogen functional groups attached to an aromatic ring is 1. The SMILES string of the molecule is Cc1c[nH]c(C(=O)c2cc(Cl)ccc2N)c1. The highest BCUT2D eigenvalue weighted by molar-refractivity contribution is 6.31. The Balaban J connectivity index is 2.45. The van der Waals surface area contributed by atoms with E-state index >= 15 is 0 Å². The Morgan fingerprint density at radius 3 is 2.75 bits per heavy atom. The first-order valence-corrected chi connectivity index (χ1v) is 5.20. The van der Waals surface area contributed by atoms with E-state index in [-0.39, 0.29) is 5.78 Å². The number of ketones is 1. The van der Waals surface area contributed by atoms with E-state index in [2.05, 4.69) is 4.98 Å². The average Bonchev–Trinajstić information content (AvgIpc) is 2.67. The van der Waals surface area contributed by atoms with Crippen LogP contribution in [0.1, 0.15) is 21.6 Å². The number of hydrogen-bond acceptors (Lipinski definition) is 2. The molecule has 0 fully saturated rings. The number of benzene rings is 1. The Morgan fingerprint density at radius 2 is 2.12 bits per heavy atom. The maximum atomic E-state index is 12.1. The van der Waals surface area contributed by atoms with Gasteiger partial charge in [-0.2, -0.15) is 0 Å². The van der Waals surface area contributed by atoms with Gasteiger partial charge in [-0.3, -0.25) is 4.79 Å². The number of nitrogens with two attached hydrogens (primary N) is 1. The predicted octanol–water partition coefficient (Wildman–Crippen LogP) is 2.79. The van der Waals surface area contributed by atoms with Gasteiger partial charge in [0.15, 0.2) is 0 Å². The molecule has 3 nitrogen and oxygen atoms in total. The molecule has 0 amide bonds. The third-order valence-electron chi connectivity index (χ3n) is 2.33. The van der Waals surface area contributed by atoms with Gasteiger partial charge < -0.3 is 10.7 Å².